The summed E-state index contributed by atoms with van der Waals surface area (Å²) in [7, 11) is 0. The molecular formula is C15H9Cl2NO3. The molecule has 0 bridgehead atoms. The summed E-state index contributed by atoms with van der Waals surface area (Å²) >= 11 is 12.0. The Hall–Kier alpha value is -2.04. The lowest BCUT2D eigenvalue weighted by atomic mass is 10.0. The molecule has 3 rings (SSSR count). The lowest BCUT2D eigenvalue weighted by Gasteiger charge is -2.23. The Balaban J connectivity index is 2.14. The maximum absolute atomic E-state index is 11.3. The van der Waals surface area contributed by atoms with Crippen LogP contribution in [0.1, 0.15) is 17.2 Å². The third-order valence-corrected chi connectivity index (χ3v) is 3.77. The van der Waals surface area contributed by atoms with E-state index in [-0.39, 0.29) is 5.70 Å². The predicted molar refractivity (Wildman–Crippen MR) is 81.2 cm³/mol. The SMILES string of the molecule is O=[N+]([O-])C1=Cc2cc(Cl)ccc2O[C@H]1c1ccccc1Cl. The summed E-state index contributed by atoms with van der Waals surface area (Å²) in [5.41, 5.74) is 1.07. The third-order valence-electron chi connectivity index (χ3n) is 3.19. The van der Waals surface area contributed by atoms with Crippen LogP contribution in [0.2, 0.25) is 10.0 Å². The summed E-state index contributed by atoms with van der Waals surface area (Å²) in [5, 5.41) is 12.2. The van der Waals surface area contributed by atoms with E-state index in [0.29, 0.717) is 26.9 Å². The summed E-state index contributed by atoms with van der Waals surface area (Å²) in [6.45, 7) is 0. The summed E-state index contributed by atoms with van der Waals surface area (Å²) in [5.74, 6) is 0.537. The maximum atomic E-state index is 11.3. The van der Waals surface area contributed by atoms with E-state index < -0.39 is 11.0 Å². The fourth-order valence-electron chi connectivity index (χ4n) is 2.22. The van der Waals surface area contributed by atoms with E-state index >= 15 is 0 Å². The Morgan fingerprint density at radius 2 is 1.90 bits per heavy atom. The van der Waals surface area contributed by atoms with E-state index in [1.807, 2.05) is 0 Å². The van der Waals surface area contributed by atoms with Gasteiger partial charge in [-0.25, -0.2) is 0 Å². The second-order valence-corrected chi connectivity index (χ2v) is 5.37. The van der Waals surface area contributed by atoms with Crippen molar-refractivity contribution < 1.29 is 9.66 Å². The molecular weight excluding hydrogens is 313 g/mol. The number of benzene rings is 2. The zero-order chi connectivity index (χ0) is 15.0. The highest BCUT2D eigenvalue weighted by Crippen LogP contribution is 2.40. The van der Waals surface area contributed by atoms with Gasteiger partial charge in [-0.3, -0.25) is 10.1 Å². The van der Waals surface area contributed by atoms with Crippen LogP contribution in [0, 0.1) is 10.1 Å². The standard InChI is InChI=1S/C15H9Cl2NO3/c16-10-5-6-14-9(7-10)8-13(18(19)20)15(21-14)11-3-1-2-4-12(11)17/h1-8,15H/t15-/m0/s1. The molecule has 1 aliphatic rings. The second-order valence-electron chi connectivity index (χ2n) is 4.53. The van der Waals surface area contributed by atoms with E-state index in [0.717, 1.165) is 0 Å². The summed E-state index contributed by atoms with van der Waals surface area (Å²) in [4.78, 5) is 10.9. The molecule has 0 aliphatic carbocycles. The number of hydrogen-bond donors (Lipinski definition) is 0. The molecule has 1 atom stereocenters. The smallest absolute Gasteiger partial charge is 0.291 e. The van der Waals surface area contributed by atoms with Crippen molar-refractivity contribution in [3.05, 3.63) is 79.4 Å². The van der Waals surface area contributed by atoms with Gasteiger partial charge in [-0.15, -0.1) is 0 Å². The van der Waals surface area contributed by atoms with Crippen LogP contribution in [0.25, 0.3) is 6.08 Å². The Kier molecular flexibility index (Phi) is 3.57. The number of rotatable bonds is 2. The highest BCUT2D eigenvalue weighted by molar-refractivity contribution is 6.31. The first-order chi connectivity index (χ1) is 10.1. The van der Waals surface area contributed by atoms with Crippen LogP contribution in [0.15, 0.2) is 48.2 Å². The fraction of sp³-hybridized carbons (Fsp3) is 0.0667. The average molecular weight is 322 g/mol. The molecule has 2 aromatic rings. The van der Waals surface area contributed by atoms with Crippen molar-refractivity contribution >= 4 is 29.3 Å². The van der Waals surface area contributed by atoms with Gasteiger partial charge in [0.2, 0.25) is 6.10 Å². The molecule has 0 saturated heterocycles. The third kappa shape index (κ3) is 2.60. The Morgan fingerprint density at radius 3 is 2.62 bits per heavy atom. The van der Waals surface area contributed by atoms with Crippen LogP contribution in [0.5, 0.6) is 5.75 Å². The minimum absolute atomic E-state index is 0.0714. The first-order valence-electron chi connectivity index (χ1n) is 6.13. The molecule has 0 N–H and O–H groups in total. The van der Waals surface area contributed by atoms with Gasteiger partial charge in [0.15, 0.2) is 0 Å². The average Bonchev–Trinajstić information content (AvgIpc) is 2.46. The predicted octanol–water partition coefficient (Wildman–Crippen LogP) is 4.74. The van der Waals surface area contributed by atoms with Gasteiger partial charge in [0.25, 0.3) is 5.70 Å². The van der Waals surface area contributed by atoms with Gasteiger partial charge < -0.3 is 4.74 Å². The minimum Gasteiger partial charge on any atom is -0.474 e. The monoisotopic (exact) mass is 321 g/mol. The van der Waals surface area contributed by atoms with Crippen molar-refractivity contribution in [3.8, 4) is 5.75 Å². The molecule has 0 saturated carbocycles. The second kappa shape index (κ2) is 5.39. The number of fused-ring (bicyclic) bond motifs is 1. The Bertz CT molecular complexity index is 758. The molecule has 21 heavy (non-hydrogen) atoms. The molecule has 1 heterocycles. The van der Waals surface area contributed by atoms with Gasteiger partial charge in [-0.05, 0) is 24.3 Å². The van der Waals surface area contributed by atoms with Crippen LogP contribution < -0.4 is 4.74 Å². The first-order valence-corrected chi connectivity index (χ1v) is 6.88. The molecule has 0 unspecified atom stereocenters. The number of hydrogen-bond acceptors (Lipinski definition) is 3. The van der Waals surface area contributed by atoms with Crippen molar-refractivity contribution in [1.29, 1.82) is 0 Å². The van der Waals surface area contributed by atoms with E-state index in [9.17, 15) is 10.1 Å². The molecule has 106 valence electrons. The van der Waals surface area contributed by atoms with Crippen molar-refractivity contribution in [2.75, 3.05) is 0 Å². The van der Waals surface area contributed by atoms with Crippen molar-refractivity contribution in [3.63, 3.8) is 0 Å². The van der Waals surface area contributed by atoms with E-state index in [1.165, 1.54) is 6.08 Å². The summed E-state index contributed by atoms with van der Waals surface area (Å²) < 4.78 is 5.77. The Labute approximate surface area is 130 Å². The van der Waals surface area contributed by atoms with Gasteiger partial charge in [0, 0.05) is 27.2 Å². The maximum Gasteiger partial charge on any atom is 0.291 e. The highest BCUT2D eigenvalue weighted by Gasteiger charge is 2.34. The van der Waals surface area contributed by atoms with Gasteiger partial charge >= 0.3 is 0 Å². The molecule has 0 aromatic heterocycles. The Morgan fingerprint density at radius 1 is 1.14 bits per heavy atom. The number of nitro groups is 1. The van der Waals surface area contributed by atoms with Crippen LogP contribution in [-0.4, -0.2) is 4.92 Å². The lowest BCUT2D eigenvalue weighted by molar-refractivity contribution is -0.434. The quantitative estimate of drug-likeness (QED) is 0.592. The number of ether oxygens (including phenoxy) is 1. The van der Waals surface area contributed by atoms with Gasteiger partial charge in [0.05, 0.1) is 4.92 Å². The number of halogens is 2. The molecule has 0 amide bonds. The largest absolute Gasteiger partial charge is 0.474 e. The minimum atomic E-state index is -0.845. The normalized spacial score (nSPS) is 16.7. The fourth-order valence-corrected chi connectivity index (χ4v) is 2.64. The summed E-state index contributed by atoms with van der Waals surface area (Å²) in [6, 6.07) is 11.9. The van der Waals surface area contributed by atoms with Crippen molar-refractivity contribution in [1.82, 2.24) is 0 Å². The molecule has 2 aromatic carbocycles. The summed E-state index contributed by atoms with van der Waals surface area (Å²) in [6.07, 6.45) is 0.626. The lowest BCUT2D eigenvalue weighted by Crippen LogP contribution is -2.20. The molecule has 0 radical (unpaired) electrons. The van der Waals surface area contributed by atoms with Gasteiger partial charge in [0.1, 0.15) is 5.75 Å². The van der Waals surface area contributed by atoms with E-state index in [1.54, 1.807) is 42.5 Å². The van der Waals surface area contributed by atoms with Crippen LogP contribution >= 0.6 is 23.2 Å². The highest BCUT2D eigenvalue weighted by atomic mass is 35.5. The molecule has 0 fully saturated rings. The zero-order valence-electron chi connectivity index (χ0n) is 10.6. The molecule has 6 heteroatoms. The van der Waals surface area contributed by atoms with Gasteiger partial charge in [-0.1, -0.05) is 41.4 Å². The zero-order valence-corrected chi connectivity index (χ0v) is 12.1. The van der Waals surface area contributed by atoms with Gasteiger partial charge in [-0.2, -0.15) is 0 Å². The topological polar surface area (TPSA) is 52.4 Å². The molecule has 1 aliphatic heterocycles. The molecule has 0 spiro atoms. The number of nitrogens with zero attached hydrogens (tertiary/aromatic N) is 1. The van der Waals surface area contributed by atoms with Crippen LogP contribution in [0.3, 0.4) is 0 Å². The first kappa shape index (κ1) is 13.9. The van der Waals surface area contributed by atoms with E-state index in [2.05, 4.69) is 0 Å². The van der Waals surface area contributed by atoms with Crippen LogP contribution in [-0.2, 0) is 0 Å². The molecule has 4 nitrogen and oxygen atoms in total. The van der Waals surface area contributed by atoms with Crippen molar-refractivity contribution in [2.45, 2.75) is 6.10 Å². The van der Waals surface area contributed by atoms with E-state index in [4.69, 9.17) is 27.9 Å². The van der Waals surface area contributed by atoms with Crippen molar-refractivity contribution in [2.24, 2.45) is 0 Å². The van der Waals surface area contributed by atoms with Crippen LogP contribution in [0.4, 0.5) is 0 Å².